The second-order valence-electron chi connectivity index (χ2n) is 10.1. The molecule has 2 aliphatic rings. The van der Waals surface area contributed by atoms with Gasteiger partial charge in [0.25, 0.3) is 0 Å². The highest BCUT2D eigenvalue weighted by atomic mass is 16.6. The first-order chi connectivity index (χ1) is 19.4. The highest BCUT2D eigenvalue weighted by molar-refractivity contribution is 5.78. The molecule has 1 aliphatic heterocycles. The molecule has 1 aliphatic carbocycles. The molecule has 9 heteroatoms. The van der Waals surface area contributed by atoms with Crippen LogP contribution in [0.25, 0.3) is 0 Å². The molecule has 1 heterocycles. The van der Waals surface area contributed by atoms with Gasteiger partial charge in [0.15, 0.2) is 11.2 Å². The molecule has 40 heavy (non-hydrogen) atoms. The molecule has 3 aromatic rings. The number of nitrogens with two attached hydrogens (primary N) is 1. The minimum Gasteiger partial charge on any atom is -0.497 e. The molecule has 3 aromatic carbocycles. The normalized spacial score (nSPS) is 26.4. The van der Waals surface area contributed by atoms with Gasteiger partial charge in [0.1, 0.15) is 29.1 Å². The van der Waals surface area contributed by atoms with Crippen LogP contribution >= 0.6 is 0 Å². The monoisotopic (exact) mass is 549 g/mol. The van der Waals surface area contributed by atoms with E-state index in [1.54, 1.807) is 43.5 Å². The zero-order valence-electron chi connectivity index (χ0n) is 22.8. The summed E-state index contributed by atoms with van der Waals surface area (Å²) >= 11 is 0. The highest BCUT2D eigenvalue weighted by Gasteiger charge is 2.78. The zero-order chi connectivity index (χ0) is 28.5. The lowest BCUT2D eigenvalue weighted by molar-refractivity contribution is -0.161. The smallest absolute Gasteiger partial charge is 0.312 e. The van der Waals surface area contributed by atoms with Crippen molar-refractivity contribution >= 4 is 5.97 Å². The maximum Gasteiger partial charge on any atom is 0.312 e. The van der Waals surface area contributed by atoms with E-state index >= 15 is 0 Å². The molecule has 0 bridgehead atoms. The quantitative estimate of drug-likeness (QED) is 0.258. The van der Waals surface area contributed by atoms with E-state index in [1.807, 2.05) is 30.3 Å². The Bertz CT molecular complexity index is 1350. The number of rotatable bonds is 10. The second-order valence-corrected chi connectivity index (χ2v) is 10.1. The van der Waals surface area contributed by atoms with Crippen molar-refractivity contribution in [2.75, 3.05) is 34.5 Å². The van der Waals surface area contributed by atoms with Crippen LogP contribution in [0.1, 0.15) is 35.4 Å². The van der Waals surface area contributed by atoms with E-state index in [0.717, 1.165) is 12.8 Å². The lowest BCUT2D eigenvalue weighted by Crippen LogP contribution is -2.52. The van der Waals surface area contributed by atoms with Crippen LogP contribution < -0.4 is 24.7 Å². The average Bonchev–Trinajstić information content (AvgIpc) is 3.37. The summed E-state index contributed by atoms with van der Waals surface area (Å²) in [6.45, 7) is 1.00. The molecular formula is C31H35NO8. The van der Waals surface area contributed by atoms with E-state index in [1.165, 1.54) is 14.2 Å². The van der Waals surface area contributed by atoms with Crippen LogP contribution in [0.4, 0.5) is 0 Å². The zero-order valence-corrected chi connectivity index (χ0v) is 22.8. The van der Waals surface area contributed by atoms with Gasteiger partial charge in [-0.3, -0.25) is 4.79 Å². The molecule has 0 saturated heterocycles. The van der Waals surface area contributed by atoms with Gasteiger partial charge in [-0.2, -0.15) is 0 Å². The summed E-state index contributed by atoms with van der Waals surface area (Å²) in [5.41, 5.74) is 3.32. The molecule has 0 aromatic heterocycles. The fourth-order valence-electron chi connectivity index (χ4n) is 6.30. The average molecular weight is 550 g/mol. The molecule has 0 radical (unpaired) electrons. The van der Waals surface area contributed by atoms with Crippen molar-refractivity contribution in [2.24, 2.45) is 11.7 Å². The van der Waals surface area contributed by atoms with Crippen molar-refractivity contribution < 1.29 is 38.7 Å². The molecule has 5 unspecified atom stereocenters. The number of hydrogen-bond donors (Lipinski definition) is 3. The van der Waals surface area contributed by atoms with E-state index in [4.69, 9.17) is 29.4 Å². The number of benzene rings is 3. The van der Waals surface area contributed by atoms with Crippen molar-refractivity contribution in [3.8, 4) is 23.0 Å². The van der Waals surface area contributed by atoms with E-state index in [9.17, 15) is 15.0 Å². The first-order valence-corrected chi connectivity index (χ1v) is 13.3. The number of methoxy groups -OCH3 is 3. The number of aliphatic hydroxyl groups excluding tert-OH is 1. The minimum atomic E-state index is -2.11. The van der Waals surface area contributed by atoms with Crippen molar-refractivity contribution in [2.45, 2.75) is 36.1 Å². The number of unbranched alkanes of at least 4 members (excludes halogenated alkanes) is 1. The topological polar surface area (TPSA) is 130 Å². The number of hydrogen-bond acceptors (Lipinski definition) is 9. The van der Waals surface area contributed by atoms with Gasteiger partial charge in [0.2, 0.25) is 0 Å². The summed E-state index contributed by atoms with van der Waals surface area (Å²) in [5.74, 6) is -1.04. The lowest BCUT2D eigenvalue weighted by atomic mass is 9.70. The standard InChI is InChI=1S/C31H35NO8/c1-36-21-13-11-20(12-14-21)31-26(19-9-5-4-6-10-19)25(29(34)38-3)28(33)30(31,35)27-23(37-2)17-22(18-24(27)40-31)39-16-8-7-15-32/h4-6,9-14,17-18,25-26,28,33,35H,7-8,15-16,32H2,1-3H3. The van der Waals surface area contributed by atoms with E-state index < -0.39 is 35.1 Å². The Hall–Kier alpha value is -3.79. The molecule has 9 nitrogen and oxygen atoms in total. The summed E-state index contributed by atoms with van der Waals surface area (Å²) in [5, 5.41) is 24.8. The van der Waals surface area contributed by atoms with Gasteiger partial charge in [-0.15, -0.1) is 0 Å². The number of carbonyl (C=O) groups excluding carboxylic acids is 1. The van der Waals surface area contributed by atoms with E-state index in [0.29, 0.717) is 35.8 Å². The molecule has 0 amide bonds. The third kappa shape index (κ3) is 4.08. The molecule has 5 atom stereocenters. The molecule has 1 fully saturated rings. The van der Waals surface area contributed by atoms with Gasteiger partial charge < -0.3 is 39.6 Å². The van der Waals surface area contributed by atoms with Gasteiger partial charge in [-0.05, 0) is 42.6 Å². The maximum absolute atomic E-state index is 13.3. The van der Waals surface area contributed by atoms with E-state index in [2.05, 4.69) is 0 Å². The summed E-state index contributed by atoms with van der Waals surface area (Å²) in [6, 6.07) is 19.6. The van der Waals surface area contributed by atoms with Crippen molar-refractivity contribution in [1.29, 1.82) is 0 Å². The van der Waals surface area contributed by atoms with Gasteiger partial charge in [0.05, 0.1) is 39.4 Å². The van der Waals surface area contributed by atoms with Crippen LogP contribution in [0, 0.1) is 5.92 Å². The lowest BCUT2D eigenvalue weighted by Gasteiger charge is -2.40. The van der Waals surface area contributed by atoms with Crippen LogP contribution in [0.3, 0.4) is 0 Å². The largest absolute Gasteiger partial charge is 0.497 e. The predicted molar refractivity (Wildman–Crippen MR) is 147 cm³/mol. The van der Waals surface area contributed by atoms with Gasteiger partial charge in [-0.25, -0.2) is 0 Å². The Morgan fingerprint density at radius 1 is 0.975 bits per heavy atom. The molecule has 1 saturated carbocycles. The number of carbonyl (C=O) groups is 1. The van der Waals surface area contributed by atoms with Gasteiger partial charge >= 0.3 is 5.97 Å². The number of aliphatic hydroxyl groups is 2. The van der Waals surface area contributed by atoms with Crippen molar-refractivity contribution in [3.05, 3.63) is 83.4 Å². The predicted octanol–water partition coefficient (Wildman–Crippen LogP) is 3.24. The molecular weight excluding hydrogens is 514 g/mol. The van der Waals surface area contributed by atoms with Crippen molar-refractivity contribution in [3.63, 3.8) is 0 Å². The fraction of sp³-hybridized carbons (Fsp3) is 0.387. The Labute approximate surface area is 233 Å². The van der Waals surface area contributed by atoms with Crippen LogP contribution in [0.5, 0.6) is 23.0 Å². The summed E-state index contributed by atoms with van der Waals surface area (Å²) < 4.78 is 29.1. The van der Waals surface area contributed by atoms with Crippen LogP contribution in [0.2, 0.25) is 0 Å². The maximum atomic E-state index is 13.3. The summed E-state index contributed by atoms with van der Waals surface area (Å²) in [7, 11) is 4.29. The Balaban J connectivity index is 1.76. The fourth-order valence-corrected chi connectivity index (χ4v) is 6.30. The first kappa shape index (κ1) is 27.8. The molecule has 5 rings (SSSR count). The Morgan fingerprint density at radius 2 is 1.70 bits per heavy atom. The first-order valence-electron chi connectivity index (χ1n) is 13.3. The SMILES string of the molecule is COC(=O)C1C(O)C2(O)c3c(OC)cc(OCCCCN)cc3OC2(c2ccc(OC)cc2)C1c1ccccc1. The highest BCUT2D eigenvalue weighted by Crippen LogP contribution is 2.70. The number of ether oxygens (including phenoxy) is 5. The minimum absolute atomic E-state index is 0.236. The Kier molecular flexibility index (Phi) is 7.63. The summed E-state index contributed by atoms with van der Waals surface area (Å²) in [6.07, 6.45) is -0.0241. The Morgan fingerprint density at radius 3 is 2.33 bits per heavy atom. The third-order valence-corrected chi connectivity index (χ3v) is 8.06. The third-order valence-electron chi connectivity index (χ3n) is 8.06. The van der Waals surface area contributed by atoms with Crippen molar-refractivity contribution in [1.82, 2.24) is 0 Å². The molecule has 0 spiro atoms. The van der Waals surface area contributed by atoms with Gasteiger partial charge in [0, 0.05) is 18.1 Å². The number of fused-ring (bicyclic) bond motifs is 3. The second kappa shape index (κ2) is 11.0. The van der Waals surface area contributed by atoms with Crippen LogP contribution in [-0.4, -0.2) is 56.8 Å². The van der Waals surface area contributed by atoms with Crippen LogP contribution in [0.15, 0.2) is 66.7 Å². The molecule has 212 valence electrons. The van der Waals surface area contributed by atoms with E-state index in [-0.39, 0.29) is 17.1 Å². The number of esters is 1. The molecule has 4 N–H and O–H groups in total. The van der Waals surface area contributed by atoms with Gasteiger partial charge in [-0.1, -0.05) is 42.5 Å². The summed E-state index contributed by atoms with van der Waals surface area (Å²) in [4.78, 5) is 13.3. The van der Waals surface area contributed by atoms with Crippen LogP contribution in [-0.2, 0) is 20.7 Å².